The van der Waals surface area contributed by atoms with Crippen LogP contribution in [0.2, 0.25) is 0 Å². The van der Waals surface area contributed by atoms with E-state index in [0.29, 0.717) is 23.9 Å². The number of pyridine rings is 2. The van der Waals surface area contributed by atoms with Crippen molar-refractivity contribution < 1.29 is 150 Å². The average molecular weight is 1700 g/mol. The third kappa shape index (κ3) is 57.7. The van der Waals surface area contributed by atoms with Crippen LogP contribution in [0.25, 0.3) is 10.6 Å². The fourth-order valence-electron chi connectivity index (χ4n) is 11.1. The van der Waals surface area contributed by atoms with Gasteiger partial charge < -0.3 is 122 Å². The van der Waals surface area contributed by atoms with Crippen LogP contribution in [0.3, 0.4) is 0 Å². The van der Waals surface area contributed by atoms with Gasteiger partial charge in [0.25, 0.3) is 0 Å². The normalized spacial score (nSPS) is 15.7. The molecule has 4 aliphatic rings. The Morgan fingerprint density at radius 1 is 0.480 bits per heavy atom. The van der Waals surface area contributed by atoms with Gasteiger partial charge in [0.05, 0.1) is 40.0 Å². The molecule has 0 N–H and O–H groups in total. The Morgan fingerprint density at radius 2 is 0.735 bits per heavy atom. The van der Waals surface area contributed by atoms with Crippen molar-refractivity contribution in [2.45, 2.75) is 221 Å². The minimum absolute atomic E-state index is 0. The number of nitrogens with zero attached hydrogens (tertiary/aromatic N) is 4. The summed E-state index contributed by atoms with van der Waals surface area (Å²) in [5.41, 5.74) is 8.63. The van der Waals surface area contributed by atoms with Crippen molar-refractivity contribution in [3.63, 3.8) is 0 Å². The molecule has 0 aliphatic heterocycles. The van der Waals surface area contributed by atoms with Gasteiger partial charge in [-0.1, -0.05) is 159 Å². The second-order valence-corrected chi connectivity index (χ2v) is 24.2. The Bertz CT molecular complexity index is 2120. The number of allylic oxidation sites excluding steroid dienone is 4. The summed E-state index contributed by atoms with van der Waals surface area (Å²) < 4.78 is 20.9. The van der Waals surface area contributed by atoms with E-state index < -0.39 is 0 Å². The topological polar surface area (TPSA) is 193 Å². The van der Waals surface area contributed by atoms with Crippen molar-refractivity contribution in [2.24, 2.45) is 11.8 Å². The van der Waals surface area contributed by atoms with Crippen molar-refractivity contribution >= 4 is 68.5 Å². The molecule has 4 aliphatic carbocycles. The van der Waals surface area contributed by atoms with Crippen LogP contribution in [0.15, 0.2) is 96.7 Å². The monoisotopic (exact) mass is 1690 g/mol. The maximum Gasteiger partial charge on any atom is 2.00 e. The molecule has 8 atom stereocenters. The first-order chi connectivity index (χ1) is 42.9. The van der Waals surface area contributed by atoms with Gasteiger partial charge in [-0.25, -0.2) is 0 Å². The number of benzene rings is 2. The SMILES string of the molecule is C/C=C(/CC)OC.C/C=C(/CC)OC.C1CCCC1.C1CCCC1.COc1c(C)cc(PC2CCCC2[C@@H](C)[N-]Cc2ccccn2)cc1C.COc1c(C)cc(PC2CCCC2[C@H](C)[N-]Cc2ccccn2)cc1C.[Br-].[Br-].[CH-]=O.[CH-]=O.[CH-]=O.[CH-]=O.[CH-]=O.[CH-]=O.[CH3-].[CH3-].[CH3-].[CH3-].[Fe+2].[Fe+2].[Mn].[Mn]. The maximum absolute atomic E-state index is 7.75. The van der Waals surface area contributed by atoms with E-state index in [1.807, 2.05) is 62.7 Å². The van der Waals surface area contributed by atoms with Gasteiger partial charge in [0.2, 0.25) is 0 Å². The first-order valence-electron chi connectivity index (χ1n) is 30.6. The molecule has 2 heterocycles. The summed E-state index contributed by atoms with van der Waals surface area (Å²) in [5, 5.41) is 12.8. The van der Waals surface area contributed by atoms with Gasteiger partial charge in [0, 0.05) is 70.8 Å². The van der Waals surface area contributed by atoms with Crippen LogP contribution in [-0.4, -0.2) is 103 Å². The molecule has 2 aromatic carbocycles. The van der Waals surface area contributed by atoms with Crippen molar-refractivity contribution in [3.05, 3.63) is 171 Å². The molecule has 6 unspecified atom stereocenters. The molecule has 570 valence electrons. The molecule has 8 rings (SSSR count). The molecule has 4 fully saturated rings. The van der Waals surface area contributed by atoms with Crippen molar-refractivity contribution in [1.29, 1.82) is 0 Å². The number of ether oxygens (including phenoxy) is 4. The van der Waals surface area contributed by atoms with E-state index in [4.69, 9.17) is 58.3 Å². The van der Waals surface area contributed by atoms with Crippen molar-refractivity contribution in [3.8, 4) is 11.5 Å². The number of methoxy groups -OCH3 is 4. The molecule has 0 saturated heterocycles. The van der Waals surface area contributed by atoms with Gasteiger partial charge >= 0.3 is 34.1 Å². The third-order valence-corrected chi connectivity index (χ3v) is 18.7. The molecule has 14 nitrogen and oxygen atoms in total. The van der Waals surface area contributed by atoms with Gasteiger partial charge in [-0.2, -0.15) is 0 Å². The molecule has 98 heavy (non-hydrogen) atoms. The molecular weight excluding hydrogens is 1570 g/mol. The van der Waals surface area contributed by atoms with Crippen LogP contribution in [0.1, 0.15) is 191 Å². The van der Waals surface area contributed by atoms with E-state index in [0.717, 1.165) is 88.8 Å². The number of hydrogen-bond donors (Lipinski definition) is 0. The number of aromatic nitrogens is 2. The summed E-state index contributed by atoms with van der Waals surface area (Å²) in [4.78, 5) is 55.3. The second kappa shape index (κ2) is 90.3. The number of rotatable bonds is 18. The number of aryl methyl sites for hydroxylation is 4. The molecule has 0 bridgehead atoms. The molecular formula is C76H122Br2Fe2Mn2N4O10P2-10. The summed E-state index contributed by atoms with van der Waals surface area (Å²) in [6.07, 6.45) is 32.6. The fraction of sp³-hybridized carbons (Fsp3) is 0.526. The third-order valence-electron chi connectivity index (χ3n) is 15.3. The summed E-state index contributed by atoms with van der Waals surface area (Å²) in [5.74, 6) is 5.56. The molecule has 0 spiro atoms. The van der Waals surface area contributed by atoms with Crippen LogP contribution in [0.4, 0.5) is 0 Å². The summed E-state index contributed by atoms with van der Waals surface area (Å²) in [7, 11) is 8.63. The predicted molar refractivity (Wildman–Crippen MR) is 399 cm³/mol. The Balaban J connectivity index is -0.0000000756. The largest absolute Gasteiger partial charge is 2.00 e. The predicted octanol–water partition coefficient (Wildman–Crippen LogP) is 12.2. The zero-order valence-electron chi connectivity index (χ0n) is 62.2. The molecule has 0 amide bonds. The van der Waals surface area contributed by atoms with Gasteiger partial charge in [-0.05, 0) is 159 Å². The number of carbonyl (C=O) groups excluding carboxylic acids is 6. The van der Waals surface area contributed by atoms with Gasteiger partial charge in [0.15, 0.2) is 0 Å². The standard InChI is InChI=1S/2C22H30N2OP.2C6H12O.2C5H10.6CHO.4CH3.2BrH.2Fe.2Mn/c2*1-15-12-19(13-16(2)22(15)25-4)26-21-10-7-9-20(21)17(3)24-14-18-8-5-6-11-23-18;2*1-4-6(5-2)7-3;2*1-2-4-5-3-1;6*1-2;;;;;;;;;;/h2*5-6,8,11-13,17,20-21,26H,7,9-10,14H2,1-4H3;2*4H,5H2,1-3H3;2*1-5H2;6*1H;4*1H3;2*1H;;;;/q2*-1;;;;;10*-1;;;2*+2;;/p-2/b;;2*6-4-;;;;;;;;;;;;;;;;;;/t2*17-,20?,21?;;;;;;;;;;;;;;;;;;;;/m10..................../s1. The smallest absolute Gasteiger partial charge is 1.00 e. The molecule has 2 aromatic heterocycles. The van der Waals surface area contributed by atoms with Crippen LogP contribution in [-0.2, 0) is 120 Å². The van der Waals surface area contributed by atoms with Crippen LogP contribution < -0.4 is 54.0 Å². The van der Waals surface area contributed by atoms with E-state index in [9.17, 15) is 0 Å². The second-order valence-electron chi connectivity index (χ2n) is 20.9. The van der Waals surface area contributed by atoms with Gasteiger partial charge in [0.1, 0.15) is 11.5 Å². The Kier molecular flexibility index (Phi) is 118. The Morgan fingerprint density at radius 3 is 0.918 bits per heavy atom. The van der Waals surface area contributed by atoms with E-state index in [1.54, 1.807) is 28.4 Å². The van der Waals surface area contributed by atoms with Crippen molar-refractivity contribution in [1.82, 2.24) is 9.97 Å². The van der Waals surface area contributed by atoms with Gasteiger partial charge in [-0.15, -0.1) is 25.2 Å². The summed E-state index contributed by atoms with van der Waals surface area (Å²) in [6, 6.07) is 22.2. The molecule has 2 radical (unpaired) electrons. The molecule has 22 heteroatoms. The fourth-order valence-corrected chi connectivity index (χ4v) is 15.1. The Labute approximate surface area is 666 Å². The zero-order chi connectivity index (χ0) is 67.5. The van der Waals surface area contributed by atoms with Crippen molar-refractivity contribution in [2.75, 3.05) is 28.4 Å². The zero-order valence-corrected chi connectivity index (χ0v) is 72.0. The number of halogens is 2. The molecule has 4 saturated carbocycles. The Hall–Kier alpha value is -2.74. The van der Waals surface area contributed by atoms with Gasteiger partial charge in [-0.3, -0.25) is 50.7 Å². The first-order valence-corrected chi connectivity index (χ1v) is 32.8. The van der Waals surface area contributed by atoms with Crippen LogP contribution >= 0.6 is 17.2 Å². The van der Waals surface area contributed by atoms with E-state index >= 15 is 0 Å². The number of hydrogen-bond acceptors (Lipinski definition) is 12. The average Bonchev–Trinajstić information content (AvgIpc) is 1.36. The van der Waals surface area contributed by atoms with E-state index in [2.05, 4.69) is 142 Å². The van der Waals surface area contributed by atoms with E-state index in [-0.39, 0.29) is 132 Å². The van der Waals surface area contributed by atoms with Crippen LogP contribution in [0.5, 0.6) is 11.5 Å². The quantitative estimate of drug-likeness (QED) is 0.0301. The minimum atomic E-state index is 0. The summed E-state index contributed by atoms with van der Waals surface area (Å²) in [6.45, 7) is 42.2. The first kappa shape index (κ1) is 128. The molecule has 4 aromatic rings. The van der Waals surface area contributed by atoms with E-state index in [1.165, 1.54) is 136 Å². The minimum Gasteiger partial charge on any atom is -1.00 e. The van der Waals surface area contributed by atoms with Crippen LogP contribution in [0, 0.1) is 69.2 Å². The summed E-state index contributed by atoms with van der Waals surface area (Å²) >= 11 is 0. The maximum atomic E-state index is 7.75.